The molecule has 1 aliphatic rings. The Kier molecular flexibility index (Phi) is 4.12. The van der Waals surface area contributed by atoms with Crippen LogP contribution in [-0.4, -0.2) is 23.5 Å². The molecular formula is C21H22N6. The number of nitrogens with zero attached hydrogens (tertiary/aromatic N) is 1. The van der Waals surface area contributed by atoms with Crippen molar-refractivity contribution < 1.29 is 0 Å². The van der Waals surface area contributed by atoms with Gasteiger partial charge in [0.2, 0.25) is 0 Å². The molecule has 0 fully saturated rings. The Morgan fingerprint density at radius 3 is 2.52 bits per heavy atom. The number of nitrogens with one attached hydrogen (secondary N) is 2. The third kappa shape index (κ3) is 2.74. The molecule has 0 aliphatic heterocycles. The number of aromatic nitrogens is 1. The summed E-state index contributed by atoms with van der Waals surface area (Å²) in [7, 11) is 0. The van der Waals surface area contributed by atoms with Crippen molar-refractivity contribution in [2.24, 2.45) is 5.73 Å². The van der Waals surface area contributed by atoms with E-state index in [4.69, 9.17) is 33.0 Å². The van der Waals surface area contributed by atoms with Gasteiger partial charge in [-0.25, -0.2) is 4.98 Å². The summed E-state index contributed by atoms with van der Waals surface area (Å²) in [5.41, 5.74) is 25.8. The van der Waals surface area contributed by atoms with Gasteiger partial charge in [-0.05, 0) is 54.7 Å². The van der Waals surface area contributed by atoms with Crippen LogP contribution in [0.2, 0.25) is 0 Å². The molecule has 4 rings (SSSR count). The number of benzene rings is 2. The van der Waals surface area contributed by atoms with E-state index in [1.54, 1.807) is 6.07 Å². The van der Waals surface area contributed by atoms with E-state index < -0.39 is 0 Å². The number of fused-ring (bicyclic) bond motifs is 3. The van der Waals surface area contributed by atoms with Crippen LogP contribution in [0, 0.1) is 10.8 Å². The Morgan fingerprint density at radius 2 is 1.78 bits per heavy atom. The van der Waals surface area contributed by atoms with Crippen LogP contribution >= 0.6 is 0 Å². The summed E-state index contributed by atoms with van der Waals surface area (Å²) in [6, 6.07) is 9.42. The number of nitrogens with two attached hydrogens (primary N) is 3. The lowest BCUT2D eigenvalue weighted by molar-refractivity contribution is 0.579. The summed E-state index contributed by atoms with van der Waals surface area (Å²) in [5, 5.41) is 16.4. The van der Waals surface area contributed by atoms with Gasteiger partial charge >= 0.3 is 0 Å². The van der Waals surface area contributed by atoms with Crippen LogP contribution in [-0.2, 0) is 12.8 Å². The van der Waals surface area contributed by atoms with E-state index in [0.29, 0.717) is 16.9 Å². The van der Waals surface area contributed by atoms with Crippen LogP contribution in [0.1, 0.15) is 28.7 Å². The van der Waals surface area contributed by atoms with E-state index in [-0.39, 0.29) is 6.04 Å². The molecule has 6 nitrogen and oxygen atoms in total. The molecule has 0 amide bonds. The molecule has 0 saturated carbocycles. The van der Waals surface area contributed by atoms with Gasteiger partial charge in [0.1, 0.15) is 0 Å². The van der Waals surface area contributed by atoms with Crippen LogP contribution in [0.25, 0.3) is 22.2 Å². The van der Waals surface area contributed by atoms with E-state index in [1.165, 1.54) is 18.0 Å². The number of aryl methyl sites for hydroxylation is 1. The number of anilines is 2. The van der Waals surface area contributed by atoms with Gasteiger partial charge in [0.25, 0.3) is 0 Å². The van der Waals surface area contributed by atoms with Gasteiger partial charge in [-0.1, -0.05) is 6.07 Å². The quantitative estimate of drug-likeness (QED) is 0.363. The predicted octanol–water partition coefficient (Wildman–Crippen LogP) is 2.88. The number of rotatable bonds is 3. The van der Waals surface area contributed by atoms with Crippen molar-refractivity contribution in [2.45, 2.75) is 25.3 Å². The molecule has 1 atom stereocenters. The van der Waals surface area contributed by atoms with Crippen molar-refractivity contribution in [2.75, 3.05) is 11.5 Å². The maximum absolute atomic E-state index is 7.82. The molecule has 136 valence electrons. The molecule has 0 bridgehead atoms. The highest BCUT2D eigenvalue weighted by Crippen LogP contribution is 2.37. The Labute approximate surface area is 157 Å². The zero-order valence-electron chi connectivity index (χ0n) is 14.9. The first-order valence-corrected chi connectivity index (χ1v) is 8.93. The van der Waals surface area contributed by atoms with Crippen LogP contribution in [0.15, 0.2) is 30.3 Å². The van der Waals surface area contributed by atoms with Gasteiger partial charge < -0.3 is 28.0 Å². The molecule has 1 heterocycles. The zero-order chi connectivity index (χ0) is 19.1. The molecule has 0 spiro atoms. The predicted molar refractivity (Wildman–Crippen MR) is 112 cm³/mol. The lowest BCUT2D eigenvalue weighted by atomic mass is 9.82. The molecule has 2 aromatic carbocycles. The first kappa shape index (κ1) is 17.2. The third-order valence-electron chi connectivity index (χ3n) is 5.33. The van der Waals surface area contributed by atoms with Crippen LogP contribution in [0.3, 0.4) is 0 Å². The van der Waals surface area contributed by atoms with Crippen molar-refractivity contribution in [1.82, 2.24) is 4.98 Å². The molecule has 1 aromatic heterocycles. The lowest BCUT2D eigenvalue weighted by Gasteiger charge is -2.26. The van der Waals surface area contributed by atoms with Crippen molar-refractivity contribution in [3.8, 4) is 11.3 Å². The summed E-state index contributed by atoms with van der Waals surface area (Å²) >= 11 is 0. The maximum atomic E-state index is 7.82. The number of pyridine rings is 1. The molecule has 0 radical (unpaired) electrons. The second-order valence-electron chi connectivity index (χ2n) is 7.02. The number of nitrogen functional groups attached to an aromatic ring is 2. The van der Waals surface area contributed by atoms with Crippen LogP contribution in [0.4, 0.5) is 11.4 Å². The van der Waals surface area contributed by atoms with Crippen molar-refractivity contribution in [1.29, 1.82) is 10.8 Å². The number of hydrogen-bond acceptors (Lipinski definition) is 6. The Hall–Kier alpha value is -3.25. The average Bonchev–Trinajstić information content (AvgIpc) is 2.67. The Morgan fingerprint density at radius 1 is 1.00 bits per heavy atom. The highest BCUT2D eigenvalue weighted by Gasteiger charge is 2.24. The molecule has 8 N–H and O–H groups in total. The first-order valence-electron chi connectivity index (χ1n) is 8.93. The van der Waals surface area contributed by atoms with Gasteiger partial charge in [-0.15, -0.1) is 0 Å². The van der Waals surface area contributed by atoms with E-state index in [2.05, 4.69) is 0 Å². The highest BCUT2D eigenvalue weighted by atomic mass is 14.7. The summed E-state index contributed by atoms with van der Waals surface area (Å²) < 4.78 is 0. The standard InChI is InChI=1S/C21H22N6/c22-9-12-7-11(1-4-17(12)25)21-15-8-13(24)2-3-14(15)20-16(10-23)18(26)5-6-19(20)27-21/h1,4-7,9-10,13,22-23H,2-3,8,24-26H2. The first-order chi connectivity index (χ1) is 13.0. The van der Waals surface area contributed by atoms with Crippen LogP contribution < -0.4 is 17.2 Å². The fourth-order valence-corrected chi connectivity index (χ4v) is 3.95. The Bertz CT molecular complexity index is 1090. The zero-order valence-corrected chi connectivity index (χ0v) is 14.9. The number of hydrogen-bond donors (Lipinski definition) is 5. The summed E-state index contributed by atoms with van der Waals surface area (Å²) in [5.74, 6) is 0. The third-order valence-corrected chi connectivity index (χ3v) is 5.33. The van der Waals surface area contributed by atoms with E-state index in [1.807, 2.05) is 24.3 Å². The van der Waals surface area contributed by atoms with Gasteiger partial charge in [0.15, 0.2) is 0 Å². The highest BCUT2D eigenvalue weighted by molar-refractivity contribution is 6.05. The molecule has 3 aromatic rings. The molecule has 1 unspecified atom stereocenters. The largest absolute Gasteiger partial charge is 0.398 e. The molecule has 0 saturated heterocycles. The van der Waals surface area contributed by atoms with E-state index >= 15 is 0 Å². The van der Waals surface area contributed by atoms with Crippen molar-refractivity contribution in [3.63, 3.8) is 0 Å². The monoisotopic (exact) mass is 358 g/mol. The summed E-state index contributed by atoms with van der Waals surface area (Å²) in [6.07, 6.45) is 5.02. The fourth-order valence-electron chi connectivity index (χ4n) is 3.95. The smallest absolute Gasteiger partial charge is 0.0745 e. The SMILES string of the molecule is N=Cc1cc(-c2nc3ccc(N)c(C=N)c3c3c2CC(N)CC3)ccc1N. The average molecular weight is 358 g/mol. The molecular weight excluding hydrogens is 336 g/mol. The summed E-state index contributed by atoms with van der Waals surface area (Å²) in [6.45, 7) is 0. The molecule has 27 heavy (non-hydrogen) atoms. The van der Waals surface area contributed by atoms with Gasteiger partial charge in [0.05, 0.1) is 11.2 Å². The minimum atomic E-state index is 0.0796. The van der Waals surface area contributed by atoms with E-state index in [0.717, 1.165) is 52.5 Å². The second kappa shape index (κ2) is 6.48. The van der Waals surface area contributed by atoms with Crippen molar-refractivity contribution >= 4 is 34.7 Å². The molecule has 6 heteroatoms. The maximum Gasteiger partial charge on any atom is 0.0745 e. The van der Waals surface area contributed by atoms with Crippen LogP contribution in [0.5, 0.6) is 0 Å². The van der Waals surface area contributed by atoms with Crippen molar-refractivity contribution in [3.05, 3.63) is 52.6 Å². The summed E-state index contributed by atoms with van der Waals surface area (Å²) in [4.78, 5) is 4.92. The van der Waals surface area contributed by atoms with Gasteiger partial charge in [-0.3, -0.25) is 0 Å². The Balaban J connectivity index is 2.08. The lowest BCUT2D eigenvalue weighted by Crippen LogP contribution is -2.29. The topological polar surface area (TPSA) is 139 Å². The molecule has 1 aliphatic carbocycles. The minimum absolute atomic E-state index is 0.0796. The fraction of sp³-hybridized carbons (Fsp3) is 0.190. The van der Waals surface area contributed by atoms with Gasteiger partial charge in [0, 0.05) is 51.9 Å². The second-order valence-corrected chi connectivity index (χ2v) is 7.02. The van der Waals surface area contributed by atoms with E-state index in [9.17, 15) is 0 Å². The minimum Gasteiger partial charge on any atom is -0.398 e. The van der Waals surface area contributed by atoms with Gasteiger partial charge in [-0.2, -0.15) is 0 Å². The normalized spacial score (nSPS) is 16.1.